The van der Waals surface area contributed by atoms with Crippen LogP contribution in [0.25, 0.3) is 6.08 Å². The third-order valence-electron chi connectivity index (χ3n) is 7.34. The van der Waals surface area contributed by atoms with Gasteiger partial charge in [0, 0.05) is 43.4 Å². The number of fused-ring (bicyclic) bond motifs is 1. The van der Waals surface area contributed by atoms with E-state index < -0.39 is 11.7 Å². The number of thioether (sulfide) groups is 1. The molecule has 0 bridgehead atoms. The van der Waals surface area contributed by atoms with Crippen LogP contribution in [-0.4, -0.2) is 71.8 Å². The lowest BCUT2D eigenvalue weighted by molar-refractivity contribution is -0.137. The summed E-state index contributed by atoms with van der Waals surface area (Å²) in [5.74, 6) is -0.385. The second-order valence-electron chi connectivity index (χ2n) is 9.75. The highest BCUT2D eigenvalue weighted by atomic mass is 32.2. The predicted octanol–water partition coefficient (Wildman–Crippen LogP) is 4.53. The summed E-state index contributed by atoms with van der Waals surface area (Å²) in [6.45, 7) is 3.19. The van der Waals surface area contributed by atoms with Crippen LogP contribution in [0.3, 0.4) is 0 Å². The van der Waals surface area contributed by atoms with E-state index in [9.17, 15) is 27.6 Å². The first-order chi connectivity index (χ1) is 17.6. The molecule has 4 rings (SSSR count). The van der Waals surface area contributed by atoms with Crippen LogP contribution in [0.5, 0.6) is 0 Å². The van der Waals surface area contributed by atoms with Crippen LogP contribution in [0.1, 0.15) is 50.2 Å². The summed E-state index contributed by atoms with van der Waals surface area (Å²) < 4.78 is 43.6. The number of alkyl halides is 3. The molecule has 2 heterocycles. The van der Waals surface area contributed by atoms with Crippen molar-refractivity contribution < 1.29 is 32.3 Å². The van der Waals surface area contributed by atoms with Crippen LogP contribution in [0.4, 0.5) is 18.0 Å². The van der Waals surface area contributed by atoms with E-state index >= 15 is 0 Å². The average molecular weight is 540 g/mol. The lowest BCUT2D eigenvalue weighted by Crippen LogP contribution is -2.53. The maximum atomic E-state index is 13.1. The highest BCUT2D eigenvalue weighted by Gasteiger charge is 2.43. The molecule has 1 N–H and O–H groups in total. The van der Waals surface area contributed by atoms with Gasteiger partial charge in [-0.1, -0.05) is 12.1 Å². The number of hydrogen-bond donors (Lipinski definition) is 1. The standard InChI is InChI=1S/C26H32F3N3O4S/c1-3-36-25(35)32-12-10-19(11-13-32)30-23(33)17-6-9-21-20(15-17)31(2)24(34)22(37-21)14-16-4-7-18(8-5-16)26(27,28)29/h4-5,7-8,14,17,19-21H,3,6,9-13,15H2,1-2H3,(H,30,33)/b22-14-. The van der Waals surface area contributed by atoms with Crippen molar-refractivity contribution >= 4 is 35.7 Å². The first-order valence-electron chi connectivity index (χ1n) is 12.6. The number of carbonyl (C=O) groups excluding carboxylic acids is 3. The zero-order chi connectivity index (χ0) is 26.7. The van der Waals surface area contributed by atoms with Crippen molar-refractivity contribution in [3.63, 3.8) is 0 Å². The third-order valence-corrected chi connectivity index (χ3v) is 8.73. The van der Waals surface area contributed by atoms with Gasteiger partial charge >= 0.3 is 12.3 Å². The number of rotatable bonds is 4. The first kappa shape index (κ1) is 27.3. The Morgan fingerprint density at radius 3 is 2.43 bits per heavy atom. The zero-order valence-corrected chi connectivity index (χ0v) is 21.7. The van der Waals surface area contributed by atoms with E-state index in [1.54, 1.807) is 29.8 Å². The average Bonchev–Trinajstić information content (AvgIpc) is 2.87. The zero-order valence-electron chi connectivity index (χ0n) is 20.9. The number of piperidine rings is 1. The molecule has 3 unspecified atom stereocenters. The Morgan fingerprint density at radius 2 is 1.81 bits per heavy atom. The lowest BCUT2D eigenvalue weighted by Gasteiger charge is -2.44. The fraction of sp³-hybridized carbons (Fsp3) is 0.577. The van der Waals surface area contributed by atoms with E-state index in [1.165, 1.54) is 23.9 Å². The summed E-state index contributed by atoms with van der Waals surface area (Å²) in [5.41, 5.74) is -0.187. The number of ether oxygens (including phenoxy) is 1. The molecule has 2 aliphatic heterocycles. The highest BCUT2D eigenvalue weighted by molar-refractivity contribution is 8.04. The van der Waals surface area contributed by atoms with Crippen molar-refractivity contribution in [3.05, 3.63) is 40.3 Å². The van der Waals surface area contributed by atoms with E-state index in [2.05, 4.69) is 5.32 Å². The van der Waals surface area contributed by atoms with E-state index in [-0.39, 0.29) is 41.2 Å². The molecule has 0 radical (unpaired) electrons. The second-order valence-corrected chi connectivity index (χ2v) is 11.0. The lowest BCUT2D eigenvalue weighted by atomic mass is 9.83. The molecule has 1 aromatic carbocycles. The molecule has 0 aromatic heterocycles. The number of carbonyl (C=O) groups is 3. The summed E-state index contributed by atoms with van der Waals surface area (Å²) in [5, 5.41) is 3.26. The van der Waals surface area contributed by atoms with Crippen LogP contribution in [0, 0.1) is 5.92 Å². The van der Waals surface area contributed by atoms with Crippen molar-refractivity contribution in [2.45, 2.75) is 62.5 Å². The van der Waals surface area contributed by atoms with Gasteiger partial charge in [0.2, 0.25) is 5.91 Å². The van der Waals surface area contributed by atoms with E-state index in [0.717, 1.165) is 18.6 Å². The smallest absolute Gasteiger partial charge is 0.416 e. The van der Waals surface area contributed by atoms with Crippen molar-refractivity contribution in [3.8, 4) is 0 Å². The molecule has 37 heavy (non-hydrogen) atoms. The molecule has 3 amide bonds. The third kappa shape index (κ3) is 6.42. The van der Waals surface area contributed by atoms with Crippen molar-refractivity contribution in [2.75, 3.05) is 26.7 Å². The number of nitrogens with one attached hydrogen (secondary N) is 1. The van der Waals surface area contributed by atoms with Crippen LogP contribution < -0.4 is 5.32 Å². The molecule has 3 fully saturated rings. The Bertz CT molecular complexity index is 1040. The summed E-state index contributed by atoms with van der Waals surface area (Å²) in [4.78, 5) is 41.8. The van der Waals surface area contributed by atoms with Gasteiger partial charge in [-0.3, -0.25) is 9.59 Å². The van der Waals surface area contributed by atoms with Crippen molar-refractivity contribution in [1.82, 2.24) is 15.1 Å². The topological polar surface area (TPSA) is 79.0 Å². The van der Waals surface area contributed by atoms with Gasteiger partial charge in [-0.2, -0.15) is 13.2 Å². The molecule has 1 aliphatic carbocycles. The largest absolute Gasteiger partial charge is 0.450 e. The molecule has 7 nitrogen and oxygen atoms in total. The highest BCUT2D eigenvalue weighted by Crippen LogP contribution is 2.43. The fourth-order valence-corrected chi connectivity index (χ4v) is 6.68. The Hall–Kier alpha value is -2.69. The second kappa shape index (κ2) is 11.4. The van der Waals surface area contributed by atoms with E-state index in [4.69, 9.17) is 4.74 Å². The normalized spacial score (nSPS) is 26.1. The molecule has 202 valence electrons. The molecule has 11 heteroatoms. The summed E-state index contributed by atoms with van der Waals surface area (Å²) in [7, 11) is 1.73. The Labute approximate surface area is 218 Å². The van der Waals surface area contributed by atoms with Crippen LogP contribution in [0.15, 0.2) is 29.2 Å². The molecule has 3 atom stereocenters. The van der Waals surface area contributed by atoms with Crippen LogP contribution in [-0.2, 0) is 20.5 Å². The predicted molar refractivity (Wildman–Crippen MR) is 134 cm³/mol. The maximum absolute atomic E-state index is 13.1. The molecular weight excluding hydrogens is 507 g/mol. The Kier molecular flexibility index (Phi) is 8.40. The van der Waals surface area contributed by atoms with Gasteiger partial charge in [0.25, 0.3) is 5.91 Å². The number of halogens is 3. The van der Waals surface area contributed by atoms with Crippen molar-refractivity contribution in [1.29, 1.82) is 0 Å². The van der Waals surface area contributed by atoms with Gasteiger partial charge < -0.3 is 19.9 Å². The quantitative estimate of drug-likeness (QED) is 0.569. The molecule has 1 aromatic rings. The number of nitrogens with zero attached hydrogens (tertiary/aromatic N) is 2. The van der Waals surface area contributed by atoms with Gasteiger partial charge in [-0.05, 0) is 62.8 Å². The summed E-state index contributed by atoms with van der Waals surface area (Å²) in [6, 6.07) is 4.69. The van der Waals surface area contributed by atoms with Gasteiger partial charge in [0.05, 0.1) is 17.1 Å². The first-order valence-corrected chi connectivity index (χ1v) is 13.5. The molecule has 1 saturated carbocycles. The molecule has 3 aliphatic rings. The Morgan fingerprint density at radius 1 is 1.14 bits per heavy atom. The van der Waals surface area contributed by atoms with E-state index in [1.807, 2.05) is 0 Å². The van der Waals surface area contributed by atoms with E-state index in [0.29, 0.717) is 55.8 Å². The van der Waals surface area contributed by atoms with Crippen LogP contribution >= 0.6 is 11.8 Å². The number of hydrogen-bond acceptors (Lipinski definition) is 5. The fourth-order valence-electron chi connectivity index (χ4n) is 5.20. The molecule has 0 spiro atoms. The van der Waals surface area contributed by atoms with Crippen LogP contribution in [0.2, 0.25) is 0 Å². The minimum absolute atomic E-state index is 0.00858. The number of likely N-dealkylation sites (tertiary alicyclic amines) is 1. The SMILES string of the molecule is CCOC(=O)N1CCC(NC(=O)C2CCC3S/C(=C\c4ccc(C(F)(F)F)cc4)C(=O)N(C)C3C2)CC1. The van der Waals surface area contributed by atoms with Gasteiger partial charge in [0.1, 0.15) is 0 Å². The summed E-state index contributed by atoms with van der Waals surface area (Å²) in [6.07, 6.45) is 0.306. The number of likely N-dealkylation sites (N-methyl/N-ethyl adjacent to an activating group) is 1. The van der Waals surface area contributed by atoms with Gasteiger partial charge in [-0.15, -0.1) is 11.8 Å². The monoisotopic (exact) mass is 539 g/mol. The molecular formula is C26H32F3N3O4S. The minimum atomic E-state index is -4.40. The summed E-state index contributed by atoms with van der Waals surface area (Å²) >= 11 is 1.45. The maximum Gasteiger partial charge on any atom is 0.416 e. The number of benzene rings is 1. The van der Waals surface area contributed by atoms with Crippen molar-refractivity contribution in [2.24, 2.45) is 5.92 Å². The number of amides is 3. The van der Waals surface area contributed by atoms with Gasteiger partial charge in [-0.25, -0.2) is 4.79 Å². The Balaban J connectivity index is 1.32. The molecule has 2 saturated heterocycles. The minimum Gasteiger partial charge on any atom is -0.450 e. The van der Waals surface area contributed by atoms with Gasteiger partial charge in [0.15, 0.2) is 0 Å².